The first-order valence-electron chi connectivity index (χ1n) is 19.7. The van der Waals surface area contributed by atoms with Crippen LogP contribution in [0.3, 0.4) is 0 Å². The number of carbonyl (C=O) groups is 2. The second-order valence-corrected chi connectivity index (χ2v) is 15.3. The number of aromatic hydroxyl groups is 1. The summed E-state index contributed by atoms with van der Waals surface area (Å²) in [6, 6.07) is 24.5. The van der Waals surface area contributed by atoms with Crippen molar-refractivity contribution in [3.8, 4) is 28.5 Å². The van der Waals surface area contributed by atoms with E-state index in [0.29, 0.717) is 90.8 Å². The van der Waals surface area contributed by atoms with Crippen LogP contribution in [0.2, 0.25) is 0 Å². The highest BCUT2D eigenvalue weighted by molar-refractivity contribution is 6.09. The smallest absolute Gasteiger partial charge is 0.416 e. The third-order valence-corrected chi connectivity index (χ3v) is 11.7. The van der Waals surface area contributed by atoms with Gasteiger partial charge in [0, 0.05) is 61.4 Å². The largest absolute Gasteiger partial charge is 0.508 e. The Bertz CT molecular complexity index is 2350. The normalized spacial score (nSPS) is 17.8. The van der Waals surface area contributed by atoms with E-state index in [9.17, 15) is 23.1 Å². The molecule has 1 fully saturated rings. The maximum Gasteiger partial charge on any atom is 0.416 e. The number of nitrogens with zero attached hydrogens (tertiary/aromatic N) is 4. The van der Waals surface area contributed by atoms with Gasteiger partial charge in [-0.15, -0.1) is 0 Å². The van der Waals surface area contributed by atoms with E-state index in [1.165, 1.54) is 28.7 Å². The molecule has 9 rings (SSSR count). The Labute approximate surface area is 333 Å². The molecule has 300 valence electrons. The van der Waals surface area contributed by atoms with E-state index in [2.05, 4.69) is 21.6 Å². The van der Waals surface area contributed by atoms with Gasteiger partial charge in [0.2, 0.25) is 6.79 Å². The van der Waals surface area contributed by atoms with Crippen LogP contribution in [0.1, 0.15) is 61.5 Å². The van der Waals surface area contributed by atoms with E-state index in [-0.39, 0.29) is 31.0 Å². The van der Waals surface area contributed by atoms with Crippen molar-refractivity contribution in [3.05, 3.63) is 130 Å². The molecule has 0 saturated carbocycles. The van der Waals surface area contributed by atoms with Gasteiger partial charge in [0.1, 0.15) is 5.75 Å². The Morgan fingerprint density at radius 1 is 0.828 bits per heavy atom. The van der Waals surface area contributed by atoms with Crippen LogP contribution in [-0.2, 0) is 43.4 Å². The number of benzene rings is 4. The number of phenolic OH excluding ortho intramolecular Hbond substituents is 1. The molecule has 1 N–H and O–H groups in total. The Hall–Kier alpha value is -5.79. The number of ether oxygens (including phenoxy) is 3. The number of rotatable bonds is 8. The van der Waals surface area contributed by atoms with Gasteiger partial charge in [-0.1, -0.05) is 36.4 Å². The minimum atomic E-state index is -4.56. The summed E-state index contributed by atoms with van der Waals surface area (Å²) in [6.07, 6.45) is -1.57. The van der Waals surface area contributed by atoms with E-state index in [1.54, 1.807) is 24.3 Å². The maximum absolute atomic E-state index is 15.2. The van der Waals surface area contributed by atoms with Crippen LogP contribution in [0.15, 0.2) is 91.0 Å². The first-order valence-corrected chi connectivity index (χ1v) is 19.7. The molecule has 58 heavy (non-hydrogen) atoms. The number of amides is 2. The standard InChI is InChI=1S/C45H43F3N4O6/c46-45(47,48)32-9-5-6-29(20-32)25-51(33-11-13-35(53)14-12-33)44(55)38-22-40(50-15-4-3-10-39(38)50)36-23-41-42(58-28-57-41)24-37(36)43(54)52-26-31-8-2-1-7-30(31)21-34(52)27-49-16-18-56-19-17-49/h1-2,5-9,11-14,20,22-24,34,53H,3-4,10,15-19,21,25-28H2. The molecular weight excluding hydrogens is 750 g/mol. The summed E-state index contributed by atoms with van der Waals surface area (Å²) in [7, 11) is 0. The summed E-state index contributed by atoms with van der Waals surface area (Å²) in [5.41, 5.74) is 5.10. The van der Waals surface area contributed by atoms with Crippen LogP contribution < -0.4 is 14.4 Å². The SMILES string of the molecule is O=C(c1cc(-c2cc3c(cc2C(=O)N2Cc4ccccc4CC2CN2CCOCC2)OCO3)n2c1CCCC2)N(Cc1cccc(C(F)(F)F)c1)c1ccc(O)cc1. The molecule has 0 bridgehead atoms. The molecule has 1 aromatic heterocycles. The summed E-state index contributed by atoms with van der Waals surface area (Å²) in [5.74, 6) is 0.385. The van der Waals surface area contributed by atoms with Gasteiger partial charge in [-0.05, 0) is 97.0 Å². The third-order valence-electron chi connectivity index (χ3n) is 11.7. The molecule has 10 nitrogen and oxygen atoms in total. The molecule has 0 radical (unpaired) electrons. The average molecular weight is 793 g/mol. The molecule has 0 aliphatic carbocycles. The number of hydrogen-bond acceptors (Lipinski definition) is 7. The van der Waals surface area contributed by atoms with Crippen LogP contribution in [0.5, 0.6) is 17.2 Å². The van der Waals surface area contributed by atoms with Crippen molar-refractivity contribution in [2.45, 2.75) is 57.5 Å². The second-order valence-electron chi connectivity index (χ2n) is 15.3. The zero-order valence-electron chi connectivity index (χ0n) is 31.8. The van der Waals surface area contributed by atoms with Gasteiger partial charge in [-0.2, -0.15) is 13.2 Å². The number of carbonyl (C=O) groups excluding carboxylic acids is 2. The molecule has 4 aliphatic heterocycles. The number of hydrogen-bond donors (Lipinski definition) is 1. The molecule has 4 aliphatic rings. The first-order chi connectivity index (χ1) is 28.1. The molecular formula is C45H43F3N4O6. The predicted molar refractivity (Wildman–Crippen MR) is 210 cm³/mol. The molecule has 2 amide bonds. The van der Waals surface area contributed by atoms with Crippen LogP contribution in [0.4, 0.5) is 18.9 Å². The van der Waals surface area contributed by atoms with E-state index in [4.69, 9.17) is 14.2 Å². The van der Waals surface area contributed by atoms with Crippen molar-refractivity contribution in [2.75, 3.05) is 44.5 Å². The van der Waals surface area contributed by atoms with Gasteiger partial charge in [0.05, 0.1) is 36.4 Å². The van der Waals surface area contributed by atoms with Crippen LogP contribution in [0, 0.1) is 0 Å². The second kappa shape index (κ2) is 15.5. The highest BCUT2D eigenvalue weighted by atomic mass is 19.4. The van der Waals surface area contributed by atoms with Gasteiger partial charge in [-0.25, -0.2) is 0 Å². The fourth-order valence-corrected chi connectivity index (χ4v) is 8.73. The quantitative estimate of drug-likeness (QED) is 0.172. The molecule has 13 heteroatoms. The average Bonchev–Trinajstić information content (AvgIpc) is 3.87. The topological polar surface area (TPSA) is 96.7 Å². The van der Waals surface area contributed by atoms with Gasteiger partial charge in [-0.3, -0.25) is 14.5 Å². The number of alkyl halides is 3. The van der Waals surface area contributed by atoms with Crippen LogP contribution in [-0.4, -0.2) is 77.0 Å². The zero-order chi connectivity index (χ0) is 40.0. The molecule has 1 saturated heterocycles. The Kier molecular flexibility index (Phi) is 10.1. The van der Waals surface area contributed by atoms with E-state index in [0.717, 1.165) is 49.3 Å². The number of halogens is 3. The van der Waals surface area contributed by atoms with E-state index in [1.807, 2.05) is 29.2 Å². The fourth-order valence-electron chi connectivity index (χ4n) is 8.73. The van der Waals surface area contributed by atoms with Gasteiger partial charge >= 0.3 is 6.18 Å². The predicted octanol–water partition coefficient (Wildman–Crippen LogP) is 7.69. The summed E-state index contributed by atoms with van der Waals surface area (Å²) in [5, 5.41) is 10.1. The Balaban J connectivity index is 1.13. The zero-order valence-corrected chi connectivity index (χ0v) is 31.8. The van der Waals surface area contributed by atoms with Crippen molar-refractivity contribution < 1.29 is 42.1 Å². The number of aromatic nitrogens is 1. The van der Waals surface area contributed by atoms with Crippen LogP contribution >= 0.6 is 0 Å². The minimum absolute atomic E-state index is 0.0102. The molecule has 4 aromatic carbocycles. The Morgan fingerprint density at radius 2 is 1.59 bits per heavy atom. The molecule has 0 spiro atoms. The third kappa shape index (κ3) is 7.40. The number of fused-ring (bicyclic) bond motifs is 3. The highest BCUT2D eigenvalue weighted by Gasteiger charge is 2.36. The maximum atomic E-state index is 15.2. The van der Waals surface area contributed by atoms with Crippen molar-refractivity contribution in [3.63, 3.8) is 0 Å². The summed E-state index contributed by atoms with van der Waals surface area (Å²) in [4.78, 5) is 35.9. The lowest BCUT2D eigenvalue weighted by Gasteiger charge is -2.40. The summed E-state index contributed by atoms with van der Waals surface area (Å²) < 4.78 is 60.7. The van der Waals surface area contributed by atoms with Crippen molar-refractivity contribution in [1.82, 2.24) is 14.4 Å². The lowest BCUT2D eigenvalue weighted by molar-refractivity contribution is -0.137. The molecule has 1 atom stereocenters. The van der Waals surface area contributed by atoms with Gasteiger partial charge in [0.15, 0.2) is 11.5 Å². The number of anilines is 1. The monoisotopic (exact) mass is 792 g/mol. The Morgan fingerprint density at radius 3 is 2.36 bits per heavy atom. The van der Waals surface area contributed by atoms with Gasteiger partial charge < -0.3 is 33.7 Å². The lowest BCUT2D eigenvalue weighted by atomic mass is 9.92. The van der Waals surface area contributed by atoms with Gasteiger partial charge in [0.25, 0.3) is 11.8 Å². The fraction of sp³-hybridized carbons (Fsp3) is 0.333. The summed E-state index contributed by atoms with van der Waals surface area (Å²) >= 11 is 0. The summed E-state index contributed by atoms with van der Waals surface area (Å²) in [6.45, 7) is 4.46. The van der Waals surface area contributed by atoms with E-state index < -0.39 is 17.6 Å². The number of phenols is 1. The van der Waals surface area contributed by atoms with Crippen molar-refractivity contribution >= 4 is 17.5 Å². The lowest BCUT2D eigenvalue weighted by Crippen LogP contribution is -2.52. The minimum Gasteiger partial charge on any atom is -0.508 e. The van der Waals surface area contributed by atoms with Crippen molar-refractivity contribution in [1.29, 1.82) is 0 Å². The number of morpholine rings is 1. The molecule has 5 aromatic rings. The highest BCUT2D eigenvalue weighted by Crippen LogP contribution is 2.43. The van der Waals surface area contributed by atoms with E-state index >= 15 is 4.79 Å². The first kappa shape index (κ1) is 37.8. The van der Waals surface area contributed by atoms with Crippen LogP contribution in [0.25, 0.3) is 11.3 Å². The van der Waals surface area contributed by atoms with Crippen molar-refractivity contribution in [2.24, 2.45) is 0 Å². The molecule has 5 heterocycles. The molecule has 1 unspecified atom stereocenters.